The van der Waals surface area contributed by atoms with E-state index in [4.69, 9.17) is 11.6 Å². The topological polar surface area (TPSA) is 43.1 Å². The Balaban J connectivity index is 3.49. The Bertz CT molecular complexity index is 417. The second kappa shape index (κ2) is 3.69. The Morgan fingerprint density at radius 1 is 1.40 bits per heavy atom. The summed E-state index contributed by atoms with van der Waals surface area (Å²) in [6, 6.07) is 1.57. The average molecular weight is 240 g/mol. The lowest BCUT2D eigenvalue weighted by atomic mass is 10.1. The number of benzene rings is 1. The Kier molecular flexibility index (Phi) is 2.90. The number of nitro benzene ring substituents is 1. The molecule has 0 radical (unpaired) electrons. The molecule has 1 rings (SSSR count). The predicted molar refractivity (Wildman–Crippen MR) is 47.8 cm³/mol. The zero-order valence-corrected chi connectivity index (χ0v) is 8.19. The zero-order valence-electron chi connectivity index (χ0n) is 7.43. The van der Waals surface area contributed by atoms with Crippen molar-refractivity contribution in [2.24, 2.45) is 0 Å². The van der Waals surface area contributed by atoms with Crippen molar-refractivity contribution in [3.05, 3.63) is 38.4 Å². The summed E-state index contributed by atoms with van der Waals surface area (Å²) in [7, 11) is 0. The molecule has 15 heavy (non-hydrogen) atoms. The Morgan fingerprint density at radius 2 is 1.93 bits per heavy atom. The first kappa shape index (κ1) is 11.8. The van der Waals surface area contributed by atoms with Gasteiger partial charge in [0.1, 0.15) is 0 Å². The Hall–Kier alpha value is -1.30. The fourth-order valence-electron chi connectivity index (χ4n) is 1.15. The van der Waals surface area contributed by atoms with Crippen LogP contribution in [-0.2, 0) is 6.18 Å². The van der Waals surface area contributed by atoms with E-state index in [0.29, 0.717) is 6.07 Å². The van der Waals surface area contributed by atoms with Crippen molar-refractivity contribution < 1.29 is 18.1 Å². The Morgan fingerprint density at radius 3 is 2.33 bits per heavy atom. The number of alkyl halides is 3. The van der Waals surface area contributed by atoms with E-state index >= 15 is 0 Å². The molecular weight excluding hydrogens is 235 g/mol. The molecule has 7 heteroatoms. The molecule has 0 N–H and O–H groups in total. The molecule has 0 aliphatic rings. The third-order valence-corrected chi connectivity index (χ3v) is 2.07. The van der Waals surface area contributed by atoms with Crippen molar-refractivity contribution in [2.45, 2.75) is 13.1 Å². The van der Waals surface area contributed by atoms with Gasteiger partial charge in [0.2, 0.25) is 0 Å². The molecule has 0 amide bonds. The summed E-state index contributed by atoms with van der Waals surface area (Å²) in [5, 5.41) is 10.1. The molecule has 82 valence electrons. The second-order valence-electron chi connectivity index (χ2n) is 2.85. The smallest absolute Gasteiger partial charge is 0.258 e. The van der Waals surface area contributed by atoms with Gasteiger partial charge in [0.25, 0.3) is 5.69 Å². The summed E-state index contributed by atoms with van der Waals surface area (Å²) in [6.07, 6.45) is -4.64. The molecule has 0 saturated heterocycles. The monoisotopic (exact) mass is 239 g/mol. The van der Waals surface area contributed by atoms with Crippen LogP contribution in [0.5, 0.6) is 0 Å². The summed E-state index contributed by atoms with van der Waals surface area (Å²) in [6.45, 7) is 1.04. The van der Waals surface area contributed by atoms with Gasteiger partial charge in [-0.1, -0.05) is 11.6 Å². The van der Waals surface area contributed by atoms with Crippen molar-refractivity contribution in [3.63, 3.8) is 0 Å². The molecule has 0 atom stereocenters. The minimum absolute atomic E-state index is 0.306. The van der Waals surface area contributed by atoms with Crippen LogP contribution in [0.3, 0.4) is 0 Å². The SMILES string of the molecule is Cc1c([N+](=O)[O-])cc(Cl)cc1C(F)(F)F. The normalized spacial score (nSPS) is 11.5. The standard InChI is InChI=1S/C8H5ClF3NO2/c1-4-6(8(10,11)12)2-5(9)3-7(4)13(14)15/h2-3H,1H3. The number of rotatable bonds is 1. The van der Waals surface area contributed by atoms with Crippen LogP contribution in [0.25, 0.3) is 0 Å². The lowest BCUT2D eigenvalue weighted by molar-refractivity contribution is -0.385. The number of hydrogen-bond donors (Lipinski definition) is 0. The van der Waals surface area contributed by atoms with Crippen LogP contribution in [0.15, 0.2) is 12.1 Å². The molecule has 0 saturated carbocycles. The van der Waals surface area contributed by atoms with Crippen LogP contribution >= 0.6 is 11.6 Å². The molecule has 1 aromatic rings. The van der Waals surface area contributed by atoms with Crippen LogP contribution in [0.4, 0.5) is 18.9 Å². The van der Waals surface area contributed by atoms with E-state index < -0.39 is 27.9 Å². The highest BCUT2D eigenvalue weighted by Crippen LogP contribution is 2.37. The van der Waals surface area contributed by atoms with Crippen molar-refractivity contribution >= 4 is 17.3 Å². The van der Waals surface area contributed by atoms with Crippen LogP contribution < -0.4 is 0 Å². The lowest BCUT2D eigenvalue weighted by Crippen LogP contribution is -2.09. The van der Waals surface area contributed by atoms with Gasteiger partial charge in [0, 0.05) is 16.7 Å². The maximum absolute atomic E-state index is 12.4. The highest BCUT2D eigenvalue weighted by atomic mass is 35.5. The summed E-state index contributed by atoms with van der Waals surface area (Å²) >= 11 is 5.37. The van der Waals surface area contributed by atoms with Crippen molar-refractivity contribution in [1.29, 1.82) is 0 Å². The molecule has 0 aliphatic carbocycles. The quantitative estimate of drug-likeness (QED) is 0.555. The van der Waals surface area contributed by atoms with Gasteiger partial charge in [-0.05, 0) is 13.0 Å². The lowest BCUT2D eigenvalue weighted by Gasteiger charge is -2.10. The number of nitro groups is 1. The van der Waals surface area contributed by atoms with Crippen LogP contribution in [0.1, 0.15) is 11.1 Å². The molecule has 0 bridgehead atoms. The van der Waals surface area contributed by atoms with Gasteiger partial charge in [-0.2, -0.15) is 13.2 Å². The summed E-state index contributed by atoms with van der Waals surface area (Å²) in [4.78, 5) is 9.54. The molecule has 1 aromatic carbocycles. The Labute approximate surface area is 87.6 Å². The van der Waals surface area contributed by atoms with E-state index in [-0.39, 0.29) is 5.02 Å². The van der Waals surface area contributed by atoms with Gasteiger partial charge in [0.15, 0.2) is 0 Å². The number of nitrogens with zero attached hydrogens (tertiary/aromatic N) is 1. The summed E-state index contributed by atoms with van der Waals surface area (Å²) in [5.41, 5.74) is -2.14. The van der Waals surface area contributed by atoms with Gasteiger partial charge in [-0.25, -0.2) is 0 Å². The van der Waals surface area contributed by atoms with Gasteiger partial charge >= 0.3 is 6.18 Å². The van der Waals surface area contributed by atoms with Crippen molar-refractivity contribution in [1.82, 2.24) is 0 Å². The second-order valence-corrected chi connectivity index (χ2v) is 3.29. The van der Waals surface area contributed by atoms with E-state index in [2.05, 4.69) is 0 Å². The first-order valence-corrected chi connectivity index (χ1v) is 4.13. The summed E-state index contributed by atoms with van der Waals surface area (Å²) < 4.78 is 37.2. The molecule has 0 aromatic heterocycles. The molecule has 0 spiro atoms. The molecule has 0 unspecified atom stereocenters. The van der Waals surface area contributed by atoms with Crippen LogP contribution in [0.2, 0.25) is 5.02 Å². The van der Waals surface area contributed by atoms with E-state index in [1.165, 1.54) is 0 Å². The van der Waals surface area contributed by atoms with Gasteiger partial charge in [0.05, 0.1) is 10.5 Å². The van der Waals surface area contributed by atoms with Gasteiger partial charge in [-0.15, -0.1) is 0 Å². The van der Waals surface area contributed by atoms with E-state index in [9.17, 15) is 23.3 Å². The minimum Gasteiger partial charge on any atom is -0.258 e. The highest BCUT2D eigenvalue weighted by Gasteiger charge is 2.35. The fraction of sp³-hybridized carbons (Fsp3) is 0.250. The third kappa shape index (κ3) is 2.38. The fourth-order valence-corrected chi connectivity index (χ4v) is 1.36. The van der Waals surface area contributed by atoms with Gasteiger partial charge in [-0.3, -0.25) is 10.1 Å². The predicted octanol–water partition coefficient (Wildman–Crippen LogP) is 3.58. The number of halogens is 4. The first-order valence-electron chi connectivity index (χ1n) is 3.75. The van der Waals surface area contributed by atoms with Crippen molar-refractivity contribution in [2.75, 3.05) is 0 Å². The average Bonchev–Trinajstić information content (AvgIpc) is 2.06. The first-order chi connectivity index (χ1) is 6.73. The summed E-state index contributed by atoms with van der Waals surface area (Å²) in [5.74, 6) is 0. The molecular formula is C8H5ClF3NO2. The molecule has 0 aliphatic heterocycles. The third-order valence-electron chi connectivity index (χ3n) is 1.85. The van der Waals surface area contributed by atoms with Crippen LogP contribution in [-0.4, -0.2) is 4.92 Å². The minimum atomic E-state index is -4.64. The highest BCUT2D eigenvalue weighted by molar-refractivity contribution is 6.30. The maximum Gasteiger partial charge on any atom is 0.416 e. The van der Waals surface area contributed by atoms with E-state index in [1.54, 1.807) is 0 Å². The maximum atomic E-state index is 12.4. The number of hydrogen-bond acceptors (Lipinski definition) is 2. The van der Waals surface area contributed by atoms with Crippen LogP contribution in [0, 0.1) is 17.0 Å². The van der Waals surface area contributed by atoms with E-state index in [1.807, 2.05) is 0 Å². The molecule has 3 nitrogen and oxygen atoms in total. The van der Waals surface area contributed by atoms with Gasteiger partial charge < -0.3 is 0 Å². The largest absolute Gasteiger partial charge is 0.416 e. The zero-order chi connectivity index (χ0) is 11.8. The van der Waals surface area contributed by atoms with E-state index in [0.717, 1.165) is 13.0 Å². The molecule has 0 fully saturated rings. The molecule has 0 heterocycles. The van der Waals surface area contributed by atoms with Crippen molar-refractivity contribution in [3.8, 4) is 0 Å².